The van der Waals surface area contributed by atoms with E-state index in [1.54, 1.807) is 6.08 Å². The molecule has 1 saturated heterocycles. The number of aliphatic carboxylic acids is 1. The highest BCUT2D eigenvalue weighted by atomic mass is 19.4. The molecule has 0 aromatic carbocycles. The molecule has 2 amide bonds. The monoisotopic (exact) mass is 348 g/mol. The lowest BCUT2D eigenvalue weighted by molar-refractivity contribution is -0.187. The maximum Gasteiger partial charge on any atom is 0.394 e. The van der Waals surface area contributed by atoms with E-state index in [4.69, 9.17) is 5.11 Å². The van der Waals surface area contributed by atoms with Gasteiger partial charge in [0.1, 0.15) is 0 Å². The summed E-state index contributed by atoms with van der Waals surface area (Å²) in [5, 5.41) is 11.7. The Morgan fingerprint density at radius 1 is 1.29 bits per heavy atom. The van der Waals surface area contributed by atoms with Crippen molar-refractivity contribution in [2.24, 2.45) is 17.3 Å². The Morgan fingerprint density at radius 2 is 1.92 bits per heavy atom. The van der Waals surface area contributed by atoms with Crippen molar-refractivity contribution in [1.82, 2.24) is 10.2 Å². The molecule has 5 nitrogen and oxygen atoms in total. The molecule has 0 spiro atoms. The number of nitrogens with one attached hydrogen (secondary N) is 1. The Bertz CT molecular complexity index is 501. The van der Waals surface area contributed by atoms with Crippen molar-refractivity contribution in [2.45, 2.75) is 38.3 Å². The van der Waals surface area contributed by atoms with Crippen LogP contribution in [0.3, 0.4) is 0 Å². The second kappa shape index (κ2) is 7.03. The van der Waals surface area contributed by atoms with Crippen LogP contribution in [0.4, 0.5) is 18.0 Å². The Hall–Kier alpha value is -1.73. The predicted octanol–water partition coefficient (Wildman–Crippen LogP) is 3.03. The fourth-order valence-electron chi connectivity index (χ4n) is 3.81. The Kier molecular flexibility index (Phi) is 5.45. The minimum atomic E-state index is -4.63. The number of carbonyl (C=O) groups is 2. The van der Waals surface area contributed by atoms with Crippen LogP contribution in [-0.4, -0.2) is 47.8 Å². The Balaban J connectivity index is 1.97. The summed E-state index contributed by atoms with van der Waals surface area (Å²) in [5.74, 6) is -5.15. The molecule has 0 aromatic heterocycles. The van der Waals surface area contributed by atoms with Crippen LogP contribution >= 0.6 is 0 Å². The quantitative estimate of drug-likeness (QED) is 0.751. The summed E-state index contributed by atoms with van der Waals surface area (Å²) in [7, 11) is 0. The molecule has 0 radical (unpaired) electrons. The van der Waals surface area contributed by atoms with Gasteiger partial charge in [0.05, 0.1) is 11.8 Å². The van der Waals surface area contributed by atoms with Gasteiger partial charge < -0.3 is 15.3 Å². The normalized spacial score (nSPS) is 26.4. The topological polar surface area (TPSA) is 69.6 Å². The summed E-state index contributed by atoms with van der Waals surface area (Å²) in [6, 6.07) is -0.622. The van der Waals surface area contributed by atoms with E-state index in [0.29, 0.717) is 6.54 Å². The first-order valence-electron chi connectivity index (χ1n) is 8.12. The standard InChI is InChI=1S/C16H23F3N2O3/c1-2-5-15(6-3-4-7-15)10-20-14(24)21-8-11(13(22)23)12(9-21)16(17,18)19/h2,11-12H,1,3-10H2,(H,20,24)(H,22,23)/t11-,12-/m1/s1. The molecule has 0 unspecified atom stereocenters. The molecule has 2 aliphatic rings. The number of rotatable bonds is 5. The number of nitrogens with zero attached hydrogens (tertiary/aromatic N) is 1. The van der Waals surface area contributed by atoms with Gasteiger partial charge in [-0.15, -0.1) is 6.58 Å². The first-order valence-corrected chi connectivity index (χ1v) is 8.12. The van der Waals surface area contributed by atoms with Crippen molar-refractivity contribution in [3.63, 3.8) is 0 Å². The maximum atomic E-state index is 13.0. The number of carbonyl (C=O) groups excluding carboxylic acids is 1. The number of likely N-dealkylation sites (tertiary alicyclic amines) is 1. The molecular formula is C16H23F3N2O3. The highest BCUT2D eigenvalue weighted by molar-refractivity contribution is 5.77. The molecular weight excluding hydrogens is 325 g/mol. The average molecular weight is 348 g/mol. The lowest BCUT2D eigenvalue weighted by Crippen LogP contribution is -2.44. The Morgan fingerprint density at radius 3 is 2.38 bits per heavy atom. The van der Waals surface area contributed by atoms with Gasteiger partial charge in [-0.25, -0.2) is 4.79 Å². The molecule has 0 bridgehead atoms. The van der Waals surface area contributed by atoms with Crippen LogP contribution in [0.5, 0.6) is 0 Å². The van der Waals surface area contributed by atoms with E-state index in [9.17, 15) is 22.8 Å². The van der Waals surface area contributed by atoms with E-state index in [0.717, 1.165) is 37.0 Å². The summed E-state index contributed by atoms with van der Waals surface area (Å²) in [6.45, 7) is 3.08. The first-order chi connectivity index (χ1) is 11.2. The zero-order valence-electron chi connectivity index (χ0n) is 13.4. The molecule has 1 saturated carbocycles. The molecule has 2 fully saturated rings. The molecule has 136 valence electrons. The number of carboxylic acid groups (broad SMARTS) is 1. The summed E-state index contributed by atoms with van der Waals surface area (Å²) < 4.78 is 38.9. The van der Waals surface area contributed by atoms with Crippen LogP contribution in [0.25, 0.3) is 0 Å². The van der Waals surface area contributed by atoms with Crippen LogP contribution in [0.15, 0.2) is 12.7 Å². The largest absolute Gasteiger partial charge is 0.481 e. The smallest absolute Gasteiger partial charge is 0.394 e. The Labute approximate surface area is 138 Å². The van der Waals surface area contributed by atoms with Crippen molar-refractivity contribution in [3.05, 3.63) is 12.7 Å². The third kappa shape index (κ3) is 4.02. The highest BCUT2D eigenvalue weighted by Gasteiger charge is 2.53. The van der Waals surface area contributed by atoms with Crippen molar-refractivity contribution >= 4 is 12.0 Å². The van der Waals surface area contributed by atoms with Gasteiger partial charge in [0.2, 0.25) is 0 Å². The maximum absolute atomic E-state index is 13.0. The van der Waals surface area contributed by atoms with Crippen molar-refractivity contribution in [3.8, 4) is 0 Å². The average Bonchev–Trinajstić information content (AvgIpc) is 3.12. The summed E-state index contributed by atoms with van der Waals surface area (Å²) >= 11 is 0. The van der Waals surface area contributed by atoms with Crippen molar-refractivity contribution in [2.75, 3.05) is 19.6 Å². The van der Waals surface area contributed by atoms with Gasteiger partial charge in [0.25, 0.3) is 0 Å². The first kappa shape index (κ1) is 18.6. The number of halogens is 3. The molecule has 1 aliphatic heterocycles. The molecule has 2 N–H and O–H groups in total. The van der Waals surface area contributed by atoms with E-state index in [1.165, 1.54) is 0 Å². The number of carboxylic acids is 1. The lowest BCUT2D eigenvalue weighted by Gasteiger charge is -2.29. The lowest BCUT2D eigenvalue weighted by atomic mass is 9.83. The number of alkyl halides is 3. The molecule has 8 heteroatoms. The SMILES string of the molecule is C=CCC1(CNC(=O)N2C[C@@H](C(F)(F)F)[C@H](C(=O)O)C2)CCCC1. The van der Waals surface area contributed by atoms with Gasteiger partial charge in [-0.1, -0.05) is 18.9 Å². The number of hydrogen-bond acceptors (Lipinski definition) is 2. The summed E-state index contributed by atoms with van der Waals surface area (Å²) in [4.78, 5) is 24.2. The van der Waals surface area contributed by atoms with Gasteiger partial charge in [-0.05, 0) is 24.7 Å². The van der Waals surface area contributed by atoms with E-state index in [-0.39, 0.29) is 5.41 Å². The van der Waals surface area contributed by atoms with Crippen LogP contribution in [0, 0.1) is 17.3 Å². The molecule has 2 atom stereocenters. The fraction of sp³-hybridized carbons (Fsp3) is 0.750. The van der Waals surface area contributed by atoms with Crippen LogP contribution in [0.1, 0.15) is 32.1 Å². The van der Waals surface area contributed by atoms with Gasteiger partial charge in [0.15, 0.2) is 0 Å². The second-order valence-electron chi connectivity index (χ2n) is 6.86. The number of hydrogen-bond donors (Lipinski definition) is 2. The molecule has 24 heavy (non-hydrogen) atoms. The molecule has 1 heterocycles. The predicted molar refractivity (Wildman–Crippen MR) is 81.4 cm³/mol. The van der Waals surface area contributed by atoms with Gasteiger partial charge >= 0.3 is 18.2 Å². The van der Waals surface area contributed by atoms with E-state index < -0.39 is 43.1 Å². The fourth-order valence-corrected chi connectivity index (χ4v) is 3.81. The third-order valence-corrected chi connectivity index (χ3v) is 5.20. The van der Waals surface area contributed by atoms with Gasteiger partial charge in [-0.2, -0.15) is 13.2 Å². The zero-order valence-corrected chi connectivity index (χ0v) is 13.4. The number of urea groups is 1. The molecule has 2 rings (SSSR count). The van der Waals surface area contributed by atoms with Gasteiger partial charge in [0, 0.05) is 19.6 Å². The molecule has 1 aliphatic carbocycles. The van der Waals surface area contributed by atoms with E-state index >= 15 is 0 Å². The number of amides is 2. The summed E-state index contributed by atoms with van der Waals surface area (Å²) in [6.07, 6.45) is 1.93. The van der Waals surface area contributed by atoms with Crippen molar-refractivity contribution < 1.29 is 27.9 Å². The minimum Gasteiger partial charge on any atom is -0.481 e. The van der Waals surface area contributed by atoms with Crippen LogP contribution in [0.2, 0.25) is 0 Å². The van der Waals surface area contributed by atoms with Crippen LogP contribution < -0.4 is 5.32 Å². The molecule has 0 aromatic rings. The second-order valence-corrected chi connectivity index (χ2v) is 6.86. The zero-order chi connectivity index (χ0) is 18.0. The number of allylic oxidation sites excluding steroid dienone is 1. The van der Waals surface area contributed by atoms with Crippen LogP contribution in [-0.2, 0) is 4.79 Å². The summed E-state index contributed by atoms with van der Waals surface area (Å²) in [5.41, 5.74) is -0.0766. The minimum absolute atomic E-state index is 0.0766. The van der Waals surface area contributed by atoms with Gasteiger partial charge in [-0.3, -0.25) is 4.79 Å². The van der Waals surface area contributed by atoms with E-state index in [1.807, 2.05) is 0 Å². The third-order valence-electron chi connectivity index (χ3n) is 5.20. The van der Waals surface area contributed by atoms with E-state index in [2.05, 4.69) is 11.9 Å². The highest BCUT2D eigenvalue weighted by Crippen LogP contribution is 2.41. The van der Waals surface area contributed by atoms with Crippen molar-refractivity contribution in [1.29, 1.82) is 0 Å².